The van der Waals surface area contributed by atoms with Crippen molar-refractivity contribution < 1.29 is 18.8 Å². The van der Waals surface area contributed by atoms with E-state index in [1.165, 1.54) is 15.9 Å². The summed E-state index contributed by atoms with van der Waals surface area (Å²) in [6.45, 7) is 8.51. The Bertz CT molecular complexity index is 1430. The maximum Gasteiger partial charge on any atom is 0.498 e. The highest BCUT2D eigenvalue weighted by Gasteiger charge is 2.55. The van der Waals surface area contributed by atoms with Crippen LogP contribution in [0.25, 0.3) is 0 Å². The van der Waals surface area contributed by atoms with E-state index < -0.39 is 37.6 Å². The molecule has 0 amide bonds. The van der Waals surface area contributed by atoms with Crippen molar-refractivity contribution in [1.29, 1.82) is 0 Å². The van der Waals surface area contributed by atoms with Crippen molar-refractivity contribution in [2.75, 3.05) is 6.16 Å². The minimum atomic E-state index is -2.35. The number of hydrogen-bond donors (Lipinski definition) is 1. The van der Waals surface area contributed by atoms with E-state index in [2.05, 4.69) is 94.4 Å². The van der Waals surface area contributed by atoms with Gasteiger partial charge in [-0.1, -0.05) is 84.9 Å². The van der Waals surface area contributed by atoms with Crippen molar-refractivity contribution in [3.63, 3.8) is 0 Å². The summed E-state index contributed by atoms with van der Waals surface area (Å²) in [6.07, 6.45) is 1.14. The highest BCUT2D eigenvalue weighted by atomic mass is 31.2. The number of nitrogens with two attached hydrogens (primary N) is 1. The minimum Gasteiger partial charge on any atom is -0.460 e. The molecule has 0 saturated carbocycles. The number of esters is 1. The molecule has 0 radical (unpaired) electrons. The molecule has 216 valence electrons. The number of carbonyl (C=O) groups excluding carboxylic acids is 1. The van der Waals surface area contributed by atoms with Crippen molar-refractivity contribution in [2.24, 2.45) is 5.73 Å². The van der Waals surface area contributed by atoms with Crippen molar-refractivity contribution in [1.82, 2.24) is 0 Å². The predicted molar refractivity (Wildman–Crippen MR) is 175 cm³/mol. The molecule has 1 saturated heterocycles. The van der Waals surface area contributed by atoms with E-state index in [1.807, 2.05) is 48.5 Å². The lowest BCUT2D eigenvalue weighted by Gasteiger charge is -2.32. The maximum absolute atomic E-state index is 13.1. The quantitative estimate of drug-likeness (QED) is 0.167. The SMILES string of the molecule is CC1(C)OB(c2ccccc2[P+](CCC(N)C(=O)OCc2ccccc2)(c2ccccc2)c2ccccc2)OC1(C)C. The molecule has 1 heterocycles. The average Bonchev–Trinajstić information content (AvgIpc) is 3.24. The van der Waals surface area contributed by atoms with E-state index >= 15 is 0 Å². The van der Waals surface area contributed by atoms with Crippen LogP contribution in [0.4, 0.5) is 0 Å². The summed E-state index contributed by atoms with van der Waals surface area (Å²) in [7, 11) is -2.87. The summed E-state index contributed by atoms with van der Waals surface area (Å²) in [6, 6.07) is 38.5. The molecule has 2 N–H and O–H groups in total. The summed E-state index contributed by atoms with van der Waals surface area (Å²) in [4.78, 5) is 13.1. The maximum atomic E-state index is 13.1. The number of carbonyl (C=O) groups is 1. The third-order valence-corrected chi connectivity index (χ3v) is 13.1. The molecule has 0 spiro atoms. The van der Waals surface area contributed by atoms with E-state index in [9.17, 15) is 4.79 Å². The van der Waals surface area contributed by atoms with Gasteiger partial charge in [0.1, 0.15) is 35.8 Å². The molecule has 1 aliphatic heterocycles. The fraction of sp³-hybridized carbons (Fsp3) is 0.286. The molecule has 0 aromatic heterocycles. The minimum absolute atomic E-state index is 0.204. The van der Waals surface area contributed by atoms with Gasteiger partial charge in [0.25, 0.3) is 0 Å². The third-order valence-electron chi connectivity index (χ3n) is 8.55. The lowest BCUT2D eigenvalue weighted by atomic mass is 9.79. The predicted octanol–water partition coefficient (Wildman–Crippen LogP) is 4.74. The van der Waals surface area contributed by atoms with Gasteiger partial charge in [-0.2, -0.15) is 0 Å². The first kappa shape index (κ1) is 30.2. The standard InChI is InChI=1S/C35H40BNO4P/c1-34(2)35(3,4)41-36(40-34)30-22-14-15-23-32(30)42(28-18-10-6-11-19-28,29-20-12-7-13-21-29)25-24-31(37)33(38)39-26-27-16-8-5-9-17-27/h5-23,31H,24-26,37H2,1-4H3/q+1. The molecule has 1 unspecified atom stereocenters. The van der Waals surface area contributed by atoms with Crippen LogP contribution in [-0.2, 0) is 25.4 Å². The van der Waals surface area contributed by atoms with Crippen molar-refractivity contribution >= 4 is 41.7 Å². The molecule has 7 heteroatoms. The number of benzene rings is 4. The van der Waals surface area contributed by atoms with Gasteiger partial charge in [-0.15, -0.1) is 0 Å². The van der Waals surface area contributed by atoms with Gasteiger partial charge in [-0.25, -0.2) is 0 Å². The number of rotatable bonds is 10. The second-order valence-corrected chi connectivity index (χ2v) is 15.4. The molecule has 5 rings (SSSR count). The first-order valence-electron chi connectivity index (χ1n) is 14.5. The van der Waals surface area contributed by atoms with Gasteiger partial charge < -0.3 is 19.8 Å². The average molecular weight is 580 g/mol. The van der Waals surface area contributed by atoms with Gasteiger partial charge >= 0.3 is 13.1 Å². The second-order valence-electron chi connectivity index (χ2n) is 11.8. The molecule has 0 bridgehead atoms. The molecular weight excluding hydrogens is 540 g/mol. The van der Waals surface area contributed by atoms with E-state index in [0.717, 1.165) is 11.0 Å². The van der Waals surface area contributed by atoms with Gasteiger partial charge in [0.05, 0.1) is 17.4 Å². The molecule has 4 aromatic carbocycles. The Morgan fingerprint density at radius 3 is 1.79 bits per heavy atom. The van der Waals surface area contributed by atoms with E-state index in [1.54, 1.807) is 0 Å². The van der Waals surface area contributed by atoms with Crippen LogP contribution in [0.15, 0.2) is 115 Å². The smallest absolute Gasteiger partial charge is 0.460 e. The first-order valence-corrected chi connectivity index (χ1v) is 16.5. The van der Waals surface area contributed by atoms with Crippen LogP contribution in [0.3, 0.4) is 0 Å². The zero-order valence-electron chi connectivity index (χ0n) is 24.9. The Balaban J connectivity index is 1.56. The van der Waals surface area contributed by atoms with Gasteiger partial charge in [0, 0.05) is 11.9 Å². The highest BCUT2D eigenvalue weighted by molar-refractivity contribution is 7.96. The third kappa shape index (κ3) is 6.09. The molecule has 0 aliphatic carbocycles. The topological polar surface area (TPSA) is 70.8 Å². The van der Waals surface area contributed by atoms with Gasteiger partial charge in [0.2, 0.25) is 0 Å². The fourth-order valence-electron chi connectivity index (χ4n) is 5.46. The Kier molecular flexibility index (Phi) is 9.01. The molecular formula is C35H40BNO4P+. The van der Waals surface area contributed by atoms with Crippen LogP contribution in [0, 0.1) is 0 Å². The molecule has 42 heavy (non-hydrogen) atoms. The van der Waals surface area contributed by atoms with E-state index in [4.69, 9.17) is 19.8 Å². The number of ether oxygens (including phenoxy) is 1. The van der Waals surface area contributed by atoms with E-state index in [0.29, 0.717) is 12.6 Å². The summed E-state index contributed by atoms with van der Waals surface area (Å²) in [5, 5.41) is 3.60. The zero-order valence-corrected chi connectivity index (χ0v) is 25.8. The monoisotopic (exact) mass is 580 g/mol. The molecule has 1 atom stereocenters. The molecule has 4 aromatic rings. The van der Waals surface area contributed by atoms with Gasteiger partial charge in [-0.05, 0) is 63.6 Å². The Morgan fingerprint density at radius 1 is 0.762 bits per heavy atom. The van der Waals surface area contributed by atoms with E-state index in [-0.39, 0.29) is 6.61 Å². The largest absolute Gasteiger partial charge is 0.498 e. The zero-order chi connectivity index (χ0) is 29.8. The van der Waals surface area contributed by atoms with Crippen LogP contribution >= 0.6 is 7.26 Å². The molecule has 1 fully saturated rings. The Morgan fingerprint density at radius 2 is 1.24 bits per heavy atom. The first-order chi connectivity index (χ1) is 20.1. The normalized spacial score (nSPS) is 16.6. The molecule has 1 aliphatic rings. The number of hydrogen-bond acceptors (Lipinski definition) is 5. The Labute approximate surface area is 250 Å². The molecule has 5 nitrogen and oxygen atoms in total. The van der Waals surface area contributed by atoms with Crippen molar-refractivity contribution in [3.8, 4) is 0 Å². The van der Waals surface area contributed by atoms with Gasteiger partial charge in [-0.3, -0.25) is 4.79 Å². The van der Waals surface area contributed by atoms with Crippen molar-refractivity contribution in [2.45, 2.75) is 58.0 Å². The summed E-state index contributed by atoms with van der Waals surface area (Å²) < 4.78 is 18.8. The lowest BCUT2D eigenvalue weighted by Crippen LogP contribution is -2.49. The second kappa shape index (κ2) is 12.5. The summed E-state index contributed by atoms with van der Waals surface area (Å²) in [5.74, 6) is -0.391. The van der Waals surface area contributed by atoms with Crippen LogP contribution in [0.1, 0.15) is 39.7 Å². The van der Waals surface area contributed by atoms with Crippen LogP contribution < -0.4 is 27.1 Å². The van der Waals surface area contributed by atoms with Crippen molar-refractivity contribution in [3.05, 3.63) is 121 Å². The Hall–Kier alpha value is -3.28. The van der Waals surface area contributed by atoms with Gasteiger partial charge in [0.15, 0.2) is 0 Å². The lowest BCUT2D eigenvalue weighted by molar-refractivity contribution is -0.146. The van der Waals surface area contributed by atoms with Crippen LogP contribution in [-0.4, -0.2) is 36.5 Å². The fourth-order valence-corrected chi connectivity index (χ4v) is 10.1. The van der Waals surface area contributed by atoms with Crippen LogP contribution in [0.5, 0.6) is 0 Å². The van der Waals surface area contributed by atoms with Crippen LogP contribution in [0.2, 0.25) is 0 Å². The summed E-state index contributed by atoms with van der Waals surface area (Å²) >= 11 is 0. The highest BCUT2D eigenvalue weighted by Crippen LogP contribution is 2.56. The summed E-state index contributed by atoms with van der Waals surface area (Å²) in [5.41, 5.74) is 7.54.